The topological polar surface area (TPSA) is 29.1 Å². The molecule has 0 heterocycles. The quantitative estimate of drug-likeness (QED) is 0.814. The van der Waals surface area contributed by atoms with Gasteiger partial charge in [0.15, 0.2) is 0 Å². The Morgan fingerprint density at radius 1 is 1.38 bits per heavy atom. The van der Waals surface area contributed by atoms with Gasteiger partial charge in [-0.3, -0.25) is 4.79 Å². The van der Waals surface area contributed by atoms with Gasteiger partial charge in [-0.15, -0.1) is 0 Å². The second-order valence-electron chi connectivity index (χ2n) is 3.57. The van der Waals surface area contributed by atoms with Crippen molar-refractivity contribution in [1.29, 1.82) is 0 Å². The molecular weight excluding hydrogens is 230 g/mol. The van der Waals surface area contributed by atoms with E-state index in [1.54, 1.807) is 0 Å². The summed E-state index contributed by atoms with van der Waals surface area (Å²) < 4.78 is 0.830. The normalized spacial score (nSPS) is 18.2. The second-order valence-corrected chi connectivity index (χ2v) is 4.69. The lowest BCUT2D eigenvalue weighted by Crippen LogP contribution is -2.32. The Balaban J connectivity index is 2.25. The molecule has 1 N–H and O–H groups in total. The van der Waals surface area contributed by atoms with Gasteiger partial charge in [-0.1, -0.05) is 41.8 Å². The molecule has 1 aliphatic rings. The summed E-state index contributed by atoms with van der Waals surface area (Å²) in [5.41, 5.74) is 0. The zero-order valence-electron chi connectivity index (χ0n) is 7.81. The van der Waals surface area contributed by atoms with Crippen molar-refractivity contribution in [3.63, 3.8) is 0 Å². The van der Waals surface area contributed by atoms with E-state index < -0.39 is 0 Å². The van der Waals surface area contributed by atoms with E-state index in [1.165, 1.54) is 19.3 Å². The molecule has 0 saturated heterocycles. The summed E-state index contributed by atoms with van der Waals surface area (Å²) in [5, 5.41) is 2.87. The number of carbonyl (C=O) groups excluding carboxylic acids is 1. The lowest BCUT2D eigenvalue weighted by atomic mass is 9.89. The van der Waals surface area contributed by atoms with Crippen LogP contribution in [-0.4, -0.2) is 12.5 Å². The van der Waals surface area contributed by atoms with Gasteiger partial charge in [0.25, 0.3) is 0 Å². The van der Waals surface area contributed by atoms with Gasteiger partial charge in [0.05, 0.1) is 0 Å². The Morgan fingerprint density at radius 2 is 2.00 bits per heavy atom. The summed E-state index contributed by atoms with van der Waals surface area (Å²) in [6.07, 6.45) is 5.80. The average molecular weight is 246 g/mol. The smallest absolute Gasteiger partial charge is 0.223 e. The molecule has 13 heavy (non-hydrogen) atoms. The molecule has 0 unspecified atom stereocenters. The highest BCUT2D eigenvalue weighted by atomic mass is 79.9. The number of halogens is 1. The highest BCUT2D eigenvalue weighted by Crippen LogP contribution is 2.23. The van der Waals surface area contributed by atoms with Gasteiger partial charge in [-0.25, -0.2) is 0 Å². The summed E-state index contributed by atoms with van der Waals surface area (Å²) in [4.78, 5) is 11.5. The first-order valence-corrected chi connectivity index (χ1v) is 5.60. The van der Waals surface area contributed by atoms with Gasteiger partial charge in [-0.05, 0) is 12.8 Å². The molecule has 0 atom stereocenters. The van der Waals surface area contributed by atoms with E-state index >= 15 is 0 Å². The predicted octanol–water partition coefficient (Wildman–Crippen LogP) is 2.59. The van der Waals surface area contributed by atoms with E-state index in [2.05, 4.69) is 27.8 Å². The first kappa shape index (κ1) is 10.8. The molecule has 0 radical (unpaired) electrons. The van der Waals surface area contributed by atoms with E-state index in [0.717, 1.165) is 17.3 Å². The molecule has 3 heteroatoms. The van der Waals surface area contributed by atoms with Crippen LogP contribution in [0.4, 0.5) is 0 Å². The van der Waals surface area contributed by atoms with E-state index in [9.17, 15) is 4.79 Å². The monoisotopic (exact) mass is 245 g/mol. The Bertz CT molecular complexity index is 197. The summed E-state index contributed by atoms with van der Waals surface area (Å²) >= 11 is 3.22. The van der Waals surface area contributed by atoms with Gasteiger partial charge in [0, 0.05) is 16.9 Å². The van der Waals surface area contributed by atoms with E-state index in [0.29, 0.717) is 6.54 Å². The van der Waals surface area contributed by atoms with Crippen LogP contribution in [-0.2, 0) is 4.79 Å². The molecular formula is C10H16BrNO. The molecule has 1 aliphatic carbocycles. The molecule has 1 saturated carbocycles. The molecule has 0 spiro atoms. The molecule has 1 rings (SSSR count). The molecule has 0 aromatic heterocycles. The standard InChI is InChI=1S/C10H16BrNO/c1-8(11)7-12-10(13)9-5-3-2-4-6-9/h9H,1-7H2,(H,12,13). The van der Waals surface area contributed by atoms with Crippen LogP contribution in [0.15, 0.2) is 11.1 Å². The minimum atomic E-state index is 0.195. The molecule has 0 aromatic rings. The van der Waals surface area contributed by atoms with Crippen LogP contribution < -0.4 is 5.32 Å². The molecule has 1 fully saturated rings. The third kappa shape index (κ3) is 3.94. The summed E-state index contributed by atoms with van der Waals surface area (Å²) in [6.45, 7) is 4.23. The van der Waals surface area contributed by atoms with Crippen molar-refractivity contribution in [1.82, 2.24) is 5.32 Å². The molecule has 0 aliphatic heterocycles. The first-order chi connectivity index (χ1) is 6.20. The summed E-state index contributed by atoms with van der Waals surface area (Å²) in [7, 11) is 0. The van der Waals surface area contributed by atoms with Gasteiger partial charge < -0.3 is 5.32 Å². The van der Waals surface area contributed by atoms with Gasteiger partial charge in [0.1, 0.15) is 0 Å². The maximum atomic E-state index is 11.5. The fraction of sp³-hybridized carbons (Fsp3) is 0.700. The fourth-order valence-electron chi connectivity index (χ4n) is 1.69. The fourth-order valence-corrected chi connectivity index (χ4v) is 1.83. The zero-order chi connectivity index (χ0) is 9.68. The maximum Gasteiger partial charge on any atom is 0.223 e. The third-order valence-electron chi connectivity index (χ3n) is 2.43. The van der Waals surface area contributed by atoms with Crippen molar-refractivity contribution >= 4 is 21.8 Å². The number of nitrogens with one attached hydrogen (secondary N) is 1. The third-order valence-corrected chi connectivity index (χ3v) is 2.71. The minimum absolute atomic E-state index is 0.195. The lowest BCUT2D eigenvalue weighted by Gasteiger charge is -2.20. The highest BCUT2D eigenvalue weighted by molar-refractivity contribution is 9.11. The van der Waals surface area contributed by atoms with Gasteiger partial charge in [0.2, 0.25) is 5.91 Å². The zero-order valence-corrected chi connectivity index (χ0v) is 9.40. The second kappa shape index (κ2) is 5.43. The molecule has 74 valence electrons. The number of carbonyl (C=O) groups is 1. The van der Waals surface area contributed by atoms with E-state index in [4.69, 9.17) is 0 Å². The van der Waals surface area contributed by atoms with Crippen molar-refractivity contribution in [3.8, 4) is 0 Å². The number of hydrogen-bond acceptors (Lipinski definition) is 1. The van der Waals surface area contributed by atoms with Crippen molar-refractivity contribution in [2.75, 3.05) is 6.54 Å². The number of amides is 1. The van der Waals surface area contributed by atoms with Crippen LogP contribution in [0.1, 0.15) is 32.1 Å². The van der Waals surface area contributed by atoms with E-state index in [1.807, 2.05) is 0 Å². The van der Waals surface area contributed by atoms with Crippen LogP contribution in [0.3, 0.4) is 0 Å². The highest BCUT2D eigenvalue weighted by Gasteiger charge is 2.20. The number of rotatable bonds is 3. The molecule has 0 bridgehead atoms. The molecule has 1 amide bonds. The average Bonchev–Trinajstić information content (AvgIpc) is 2.15. The summed E-state index contributed by atoms with van der Waals surface area (Å²) in [5.74, 6) is 0.445. The van der Waals surface area contributed by atoms with Crippen molar-refractivity contribution < 1.29 is 4.79 Å². The predicted molar refractivity (Wildman–Crippen MR) is 57.7 cm³/mol. The van der Waals surface area contributed by atoms with Crippen molar-refractivity contribution in [2.45, 2.75) is 32.1 Å². The number of hydrogen-bond donors (Lipinski definition) is 1. The van der Waals surface area contributed by atoms with Gasteiger partial charge >= 0.3 is 0 Å². The van der Waals surface area contributed by atoms with Crippen LogP contribution in [0.5, 0.6) is 0 Å². The Labute approximate surface area is 87.9 Å². The largest absolute Gasteiger partial charge is 0.351 e. The summed E-state index contributed by atoms with van der Waals surface area (Å²) in [6, 6.07) is 0. The van der Waals surface area contributed by atoms with E-state index in [-0.39, 0.29) is 11.8 Å². The van der Waals surface area contributed by atoms with Crippen LogP contribution >= 0.6 is 15.9 Å². The Kier molecular flexibility index (Phi) is 4.50. The van der Waals surface area contributed by atoms with Crippen molar-refractivity contribution in [2.24, 2.45) is 5.92 Å². The van der Waals surface area contributed by atoms with Crippen molar-refractivity contribution in [3.05, 3.63) is 11.1 Å². The van der Waals surface area contributed by atoms with Crippen LogP contribution in [0, 0.1) is 5.92 Å². The Hall–Kier alpha value is -0.310. The first-order valence-electron chi connectivity index (χ1n) is 4.81. The Morgan fingerprint density at radius 3 is 2.54 bits per heavy atom. The van der Waals surface area contributed by atoms with Gasteiger partial charge in [-0.2, -0.15) is 0 Å². The maximum absolute atomic E-state index is 11.5. The molecule has 2 nitrogen and oxygen atoms in total. The SMILES string of the molecule is C=C(Br)CNC(=O)C1CCCCC1. The molecule has 0 aromatic carbocycles. The lowest BCUT2D eigenvalue weighted by molar-refractivity contribution is -0.125. The van der Waals surface area contributed by atoms with Crippen LogP contribution in [0.2, 0.25) is 0 Å². The minimum Gasteiger partial charge on any atom is -0.351 e. The van der Waals surface area contributed by atoms with Crippen LogP contribution in [0.25, 0.3) is 0 Å².